The van der Waals surface area contributed by atoms with Gasteiger partial charge >= 0.3 is 0 Å². The van der Waals surface area contributed by atoms with Crippen LogP contribution in [0.25, 0.3) is 0 Å². The molecule has 1 aromatic rings. The van der Waals surface area contributed by atoms with Gasteiger partial charge in [0.1, 0.15) is 18.0 Å². The predicted molar refractivity (Wildman–Crippen MR) is 111 cm³/mol. The van der Waals surface area contributed by atoms with Gasteiger partial charge in [-0.2, -0.15) is 0 Å². The first kappa shape index (κ1) is 20.4. The van der Waals surface area contributed by atoms with Gasteiger partial charge in [-0.25, -0.2) is 0 Å². The molecular weight excluding hydrogens is 368 g/mol. The molecule has 0 spiro atoms. The molecule has 29 heavy (non-hydrogen) atoms. The third kappa shape index (κ3) is 5.38. The van der Waals surface area contributed by atoms with Gasteiger partial charge in [0.2, 0.25) is 5.91 Å². The maximum atomic E-state index is 12.6. The molecule has 0 aliphatic carbocycles. The van der Waals surface area contributed by atoms with Crippen molar-refractivity contribution >= 4 is 5.91 Å². The fourth-order valence-corrected chi connectivity index (χ4v) is 4.57. The summed E-state index contributed by atoms with van der Waals surface area (Å²) < 4.78 is 17.7. The van der Waals surface area contributed by atoms with Crippen LogP contribution in [0, 0.1) is 5.92 Å². The molecular formula is C23H32N2O4. The van der Waals surface area contributed by atoms with E-state index in [-0.39, 0.29) is 17.6 Å². The monoisotopic (exact) mass is 400 g/mol. The van der Waals surface area contributed by atoms with Crippen molar-refractivity contribution in [1.29, 1.82) is 0 Å². The number of nitrogens with zero attached hydrogens (tertiary/aromatic N) is 2. The Bertz CT molecular complexity index is 704. The molecule has 0 saturated carbocycles. The Balaban J connectivity index is 1.25. The van der Waals surface area contributed by atoms with Gasteiger partial charge in [-0.05, 0) is 31.9 Å². The van der Waals surface area contributed by atoms with Crippen molar-refractivity contribution in [2.75, 3.05) is 52.5 Å². The summed E-state index contributed by atoms with van der Waals surface area (Å²) in [5, 5.41) is 0. The molecule has 158 valence electrons. The van der Waals surface area contributed by atoms with Crippen LogP contribution < -0.4 is 4.74 Å². The third-order valence-electron chi connectivity index (χ3n) is 6.12. The summed E-state index contributed by atoms with van der Waals surface area (Å²) in [6.45, 7) is 8.45. The van der Waals surface area contributed by atoms with Gasteiger partial charge < -0.3 is 19.1 Å². The quantitative estimate of drug-likeness (QED) is 0.686. The minimum Gasteiger partial charge on any atom is -0.491 e. The number of benzene rings is 1. The van der Waals surface area contributed by atoms with E-state index in [0.717, 1.165) is 64.5 Å². The molecule has 6 nitrogen and oxygen atoms in total. The van der Waals surface area contributed by atoms with E-state index in [1.54, 1.807) is 6.08 Å². The normalized spacial score (nSPS) is 30.4. The number of carbonyl (C=O) groups excluding carboxylic acids is 1. The SMILES string of the molecule is C[C@]1(COc2ccccc2)C[C@@H]2CN(C(=O)/C=C/CN3CCOCC3)CC[C@@H]2O1. The highest BCUT2D eigenvalue weighted by molar-refractivity contribution is 5.87. The smallest absolute Gasteiger partial charge is 0.246 e. The van der Waals surface area contributed by atoms with Crippen LogP contribution in [0.3, 0.4) is 0 Å². The first-order valence-corrected chi connectivity index (χ1v) is 10.7. The molecule has 3 fully saturated rings. The van der Waals surface area contributed by atoms with Gasteiger partial charge in [0.25, 0.3) is 0 Å². The largest absolute Gasteiger partial charge is 0.491 e. The van der Waals surface area contributed by atoms with E-state index in [2.05, 4.69) is 11.8 Å². The van der Waals surface area contributed by atoms with E-state index < -0.39 is 0 Å². The van der Waals surface area contributed by atoms with Crippen molar-refractivity contribution in [1.82, 2.24) is 9.80 Å². The van der Waals surface area contributed by atoms with Crippen molar-refractivity contribution in [3.8, 4) is 5.75 Å². The van der Waals surface area contributed by atoms with E-state index in [0.29, 0.717) is 12.5 Å². The predicted octanol–water partition coefficient (Wildman–Crippen LogP) is 2.35. The highest BCUT2D eigenvalue weighted by Crippen LogP contribution is 2.39. The number of piperidine rings is 1. The lowest BCUT2D eigenvalue weighted by Gasteiger charge is -2.33. The lowest BCUT2D eigenvalue weighted by atomic mass is 9.89. The zero-order valence-corrected chi connectivity index (χ0v) is 17.3. The van der Waals surface area contributed by atoms with Gasteiger partial charge in [0, 0.05) is 44.7 Å². The molecule has 3 aliphatic rings. The van der Waals surface area contributed by atoms with Crippen LogP contribution in [-0.2, 0) is 14.3 Å². The summed E-state index contributed by atoms with van der Waals surface area (Å²) in [5.74, 6) is 1.37. The average Bonchev–Trinajstić information content (AvgIpc) is 3.09. The van der Waals surface area contributed by atoms with Crippen molar-refractivity contribution in [3.05, 3.63) is 42.5 Å². The Morgan fingerprint density at radius 3 is 2.83 bits per heavy atom. The Kier molecular flexibility index (Phi) is 6.53. The number of amides is 1. The van der Waals surface area contributed by atoms with Gasteiger partial charge in [-0.3, -0.25) is 9.69 Å². The first-order valence-electron chi connectivity index (χ1n) is 10.7. The van der Waals surface area contributed by atoms with Crippen LogP contribution in [-0.4, -0.2) is 80.0 Å². The van der Waals surface area contributed by atoms with E-state index in [4.69, 9.17) is 14.2 Å². The molecule has 3 atom stereocenters. The summed E-state index contributed by atoms with van der Waals surface area (Å²) in [5.41, 5.74) is -0.295. The Hall–Kier alpha value is -1.89. The lowest BCUT2D eigenvalue weighted by molar-refractivity contribution is -0.130. The van der Waals surface area contributed by atoms with Crippen LogP contribution >= 0.6 is 0 Å². The number of hydrogen-bond acceptors (Lipinski definition) is 5. The second-order valence-electron chi connectivity index (χ2n) is 8.56. The Morgan fingerprint density at radius 1 is 1.24 bits per heavy atom. The number of carbonyl (C=O) groups is 1. The van der Waals surface area contributed by atoms with Crippen LogP contribution in [0.2, 0.25) is 0 Å². The topological polar surface area (TPSA) is 51.2 Å². The second-order valence-corrected chi connectivity index (χ2v) is 8.56. The number of morpholine rings is 1. The fourth-order valence-electron chi connectivity index (χ4n) is 4.57. The number of ether oxygens (including phenoxy) is 3. The van der Waals surface area contributed by atoms with Gasteiger partial charge in [-0.1, -0.05) is 24.3 Å². The minimum absolute atomic E-state index is 0.117. The van der Waals surface area contributed by atoms with Crippen LogP contribution in [0.15, 0.2) is 42.5 Å². The summed E-state index contributed by atoms with van der Waals surface area (Å²) in [4.78, 5) is 16.9. The molecule has 4 rings (SSSR count). The lowest BCUT2D eigenvalue weighted by Crippen LogP contribution is -2.44. The van der Waals surface area contributed by atoms with Crippen LogP contribution in [0.1, 0.15) is 19.8 Å². The standard InChI is InChI=1S/C23H32N2O4/c1-23(18-28-20-6-3-2-4-7-20)16-19-17-25(11-9-21(19)29-23)22(26)8-5-10-24-12-14-27-15-13-24/h2-8,19,21H,9-18H2,1H3/b8-5+/t19-,21+,23-/m1/s1. The molecule has 0 radical (unpaired) electrons. The zero-order valence-electron chi connectivity index (χ0n) is 17.3. The molecule has 0 aromatic heterocycles. The molecule has 1 amide bonds. The highest BCUT2D eigenvalue weighted by Gasteiger charge is 2.46. The van der Waals surface area contributed by atoms with Crippen molar-refractivity contribution in [2.45, 2.75) is 31.5 Å². The van der Waals surface area contributed by atoms with E-state index in [1.807, 2.05) is 41.3 Å². The average molecular weight is 401 g/mol. The molecule has 0 N–H and O–H groups in total. The zero-order chi connectivity index (χ0) is 20.1. The van der Waals surface area contributed by atoms with Crippen molar-refractivity contribution < 1.29 is 19.0 Å². The summed E-state index contributed by atoms with van der Waals surface area (Å²) in [6, 6.07) is 9.87. The van der Waals surface area contributed by atoms with Gasteiger partial charge in [0.05, 0.1) is 19.3 Å². The van der Waals surface area contributed by atoms with Crippen molar-refractivity contribution in [2.24, 2.45) is 5.92 Å². The first-order chi connectivity index (χ1) is 14.1. The minimum atomic E-state index is -0.295. The maximum Gasteiger partial charge on any atom is 0.246 e. The summed E-state index contributed by atoms with van der Waals surface area (Å²) >= 11 is 0. The van der Waals surface area contributed by atoms with E-state index >= 15 is 0 Å². The van der Waals surface area contributed by atoms with Crippen molar-refractivity contribution in [3.63, 3.8) is 0 Å². The molecule has 3 saturated heterocycles. The van der Waals surface area contributed by atoms with Crippen LogP contribution in [0.5, 0.6) is 5.75 Å². The molecule has 3 heterocycles. The molecule has 6 heteroatoms. The third-order valence-corrected chi connectivity index (χ3v) is 6.12. The molecule has 3 aliphatic heterocycles. The number of rotatable bonds is 6. The second kappa shape index (κ2) is 9.28. The number of fused-ring (bicyclic) bond motifs is 1. The molecule has 0 bridgehead atoms. The summed E-state index contributed by atoms with van der Waals surface area (Å²) in [7, 11) is 0. The Morgan fingerprint density at radius 2 is 2.03 bits per heavy atom. The number of likely N-dealkylation sites (tertiary alicyclic amines) is 1. The molecule has 0 unspecified atom stereocenters. The highest BCUT2D eigenvalue weighted by atomic mass is 16.6. The fraction of sp³-hybridized carbons (Fsp3) is 0.609. The number of para-hydroxylation sites is 1. The van der Waals surface area contributed by atoms with Gasteiger partial charge in [-0.15, -0.1) is 0 Å². The van der Waals surface area contributed by atoms with E-state index in [1.165, 1.54) is 0 Å². The van der Waals surface area contributed by atoms with Gasteiger partial charge in [0.15, 0.2) is 0 Å². The Labute approximate surface area is 173 Å². The maximum absolute atomic E-state index is 12.6. The van der Waals surface area contributed by atoms with Crippen LogP contribution in [0.4, 0.5) is 0 Å². The number of hydrogen-bond donors (Lipinski definition) is 0. The molecule has 1 aromatic carbocycles. The van der Waals surface area contributed by atoms with E-state index in [9.17, 15) is 4.79 Å². The summed E-state index contributed by atoms with van der Waals surface area (Å²) in [6.07, 6.45) is 5.77.